The van der Waals surface area contributed by atoms with Crippen LogP contribution < -0.4 is 0 Å². The van der Waals surface area contributed by atoms with Crippen molar-refractivity contribution in [2.75, 3.05) is 65.9 Å². The number of amides is 1. The van der Waals surface area contributed by atoms with Crippen molar-refractivity contribution in [2.24, 2.45) is 17.8 Å². The lowest BCUT2D eigenvalue weighted by molar-refractivity contribution is -0.167. The van der Waals surface area contributed by atoms with Crippen molar-refractivity contribution < 1.29 is 62.0 Å². The van der Waals surface area contributed by atoms with Gasteiger partial charge in [-0.3, -0.25) is 33.6 Å². The smallest absolute Gasteiger partial charge is 0.306 e. The van der Waals surface area contributed by atoms with Crippen LogP contribution in [-0.4, -0.2) is 129 Å². The Morgan fingerprint density at radius 3 is 1.13 bits per heavy atom. The van der Waals surface area contributed by atoms with Crippen LogP contribution in [-0.2, 0) is 57.2 Å². The number of thioether (sulfide) groups is 1. The highest BCUT2D eigenvalue weighted by Crippen LogP contribution is 2.29. The molecule has 0 saturated heterocycles. The predicted molar refractivity (Wildman–Crippen MR) is 294 cm³/mol. The summed E-state index contributed by atoms with van der Waals surface area (Å²) in [6, 6.07) is 0. The third kappa shape index (κ3) is 34.9. The Hall–Kier alpha value is -3.40. The zero-order chi connectivity index (χ0) is 54.1. The third-order valence-electron chi connectivity index (χ3n) is 15.1. The van der Waals surface area contributed by atoms with Gasteiger partial charge in [0.25, 0.3) is 5.24 Å². The second kappa shape index (κ2) is 42.6. The van der Waals surface area contributed by atoms with Gasteiger partial charge in [-0.05, 0) is 83.3 Å². The van der Waals surface area contributed by atoms with Crippen molar-refractivity contribution in [1.82, 2.24) is 9.80 Å². The quantitative estimate of drug-likeness (QED) is 0.0320. The van der Waals surface area contributed by atoms with Crippen LogP contribution in [0.4, 0.5) is 4.79 Å². The van der Waals surface area contributed by atoms with Crippen LogP contribution in [0.15, 0.2) is 0 Å². The van der Waals surface area contributed by atoms with Gasteiger partial charge in [0.15, 0.2) is 12.2 Å². The maximum Gasteiger partial charge on any atom is 0.306 e. The fraction of sp³-hybridized carbons (Fsp3) is 0.881. The average Bonchev–Trinajstić information content (AvgIpc) is 3.41. The van der Waals surface area contributed by atoms with Crippen molar-refractivity contribution >= 4 is 52.8 Å². The predicted octanol–water partition coefficient (Wildman–Crippen LogP) is 12.7. The van der Waals surface area contributed by atoms with Crippen molar-refractivity contribution in [3.05, 3.63) is 0 Å². The third-order valence-corrected chi connectivity index (χ3v) is 16.1. The molecule has 0 aromatic heterocycles. The molecule has 432 valence electrons. The fourth-order valence-electron chi connectivity index (χ4n) is 10.5. The molecular weight excluding hydrogens is 977 g/mol. The van der Waals surface area contributed by atoms with Crippen LogP contribution in [0.5, 0.6) is 0 Å². The molecule has 0 heterocycles. The van der Waals surface area contributed by atoms with Gasteiger partial charge in [0.1, 0.15) is 26.4 Å². The Morgan fingerprint density at radius 1 is 0.413 bits per heavy atom. The first kappa shape index (κ1) is 65.9. The first-order valence-electron chi connectivity index (χ1n) is 30.0. The zero-order valence-corrected chi connectivity index (χ0v) is 47.9. The highest BCUT2D eigenvalue weighted by atomic mass is 32.2. The lowest BCUT2D eigenvalue weighted by atomic mass is 9.86. The Kier molecular flexibility index (Phi) is 37.4. The molecule has 1 atom stereocenters. The van der Waals surface area contributed by atoms with E-state index < -0.39 is 24.1 Å². The van der Waals surface area contributed by atoms with Crippen LogP contribution in [0.1, 0.15) is 238 Å². The number of hydrogen-bond acceptors (Lipinski definition) is 15. The topological polar surface area (TPSA) is 181 Å². The molecule has 16 heteroatoms. The Bertz CT molecular complexity index is 1540. The van der Waals surface area contributed by atoms with Gasteiger partial charge >= 0.3 is 35.8 Å². The van der Waals surface area contributed by atoms with Crippen molar-refractivity contribution in [3.8, 4) is 0 Å². The highest BCUT2D eigenvalue weighted by Gasteiger charge is 2.25. The molecule has 3 saturated carbocycles. The molecule has 3 aliphatic carbocycles. The van der Waals surface area contributed by atoms with Crippen LogP contribution in [0.25, 0.3) is 0 Å². The van der Waals surface area contributed by atoms with E-state index in [4.69, 9.17) is 28.4 Å². The van der Waals surface area contributed by atoms with Gasteiger partial charge in [0, 0.05) is 57.4 Å². The van der Waals surface area contributed by atoms with Crippen LogP contribution >= 0.6 is 11.8 Å². The molecule has 0 aromatic carbocycles. The molecule has 0 aliphatic heterocycles. The first-order chi connectivity index (χ1) is 36.4. The summed E-state index contributed by atoms with van der Waals surface area (Å²) in [5, 5.41) is -0.175. The lowest BCUT2D eigenvalue weighted by Crippen LogP contribution is -2.33. The Balaban J connectivity index is 1.53. The summed E-state index contributed by atoms with van der Waals surface area (Å²) >= 11 is 1.19. The number of carbonyl (C=O) groups excluding carboxylic acids is 7. The van der Waals surface area contributed by atoms with Gasteiger partial charge in [-0.1, -0.05) is 166 Å². The molecule has 0 bridgehead atoms. The number of unbranched alkanes of at least 4 members (excludes halogenated alkanes) is 8. The monoisotopic (exact) mass is 1080 g/mol. The van der Waals surface area contributed by atoms with E-state index >= 15 is 0 Å². The molecule has 3 fully saturated rings. The van der Waals surface area contributed by atoms with E-state index in [2.05, 4.69) is 11.8 Å². The number of rotatable bonds is 41. The molecule has 75 heavy (non-hydrogen) atoms. The molecule has 1 unspecified atom stereocenters. The van der Waals surface area contributed by atoms with Gasteiger partial charge in [0.2, 0.25) is 0 Å². The number of carbonyl (C=O) groups is 7. The molecule has 1 amide bonds. The van der Waals surface area contributed by atoms with E-state index in [9.17, 15) is 33.6 Å². The molecule has 0 radical (unpaired) electrons. The molecular formula is C59H102N2O13S. The standard InChI is InChI=1S/C59H102N2O13S/c1-4-5-6-7-8-9-10-11-21-31-53(62)69-44-51(45-70-54(63)37-34-48-25-15-12-16-26-48)73-57(66)32-22-41-61(59(68)75-43-24-40-60(2)3)42-23-33-58(67)74-52(46-71-55(64)38-35-49-27-17-13-18-28-49)47-72-56(65)39-36-50-29-19-14-20-30-50/h48-52H,4-47H2,1-3H3. The maximum absolute atomic E-state index is 13.6. The van der Waals surface area contributed by atoms with E-state index in [-0.39, 0.29) is 120 Å². The van der Waals surface area contributed by atoms with Crippen LogP contribution in [0.2, 0.25) is 0 Å². The highest BCUT2D eigenvalue weighted by molar-refractivity contribution is 8.13. The van der Waals surface area contributed by atoms with Crippen molar-refractivity contribution in [3.63, 3.8) is 0 Å². The fourth-order valence-corrected chi connectivity index (χ4v) is 11.3. The van der Waals surface area contributed by atoms with Gasteiger partial charge in [-0.15, -0.1) is 0 Å². The number of ether oxygens (including phenoxy) is 6. The summed E-state index contributed by atoms with van der Waals surface area (Å²) in [6.45, 7) is 2.56. The average molecular weight is 1080 g/mol. The second-order valence-corrected chi connectivity index (χ2v) is 23.2. The van der Waals surface area contributed by atoms with Gasteiger partial charge in [-0.2, -0.15) is 0 Å². The molecule has 3 rings (SSSR count). The molecule has 15 nitrogen and oxygen atoms in total. The molecule has 0 spiro atoms. The summed E-state index contributed by atoms with van der Waals surface area (Å²) in [4.78, 5) is 95.0. The molecule has 3 aliphatic rings. The van der Waals surface area contributed by atoms with Crippen molar-refractivity contribution in [2.45, 2.75) is 250 Å². The number of nitrogens with zero attached hydrogens (tertiary/aromatic N) is 2. The second-order valence-electron chi connectivity index (χ2n) is 22.1. The lowest BCUT2D eigenvalue weighted by Gasteiger charge is -2.23. The minimum atomic E-state index is -0.974. The number of hydrogen-bond donors (Lipinski definition) is 0. The summed E-state index contributed by atoms with van der Waals surface area (Å²) in [6.07, 6.45) is 30.3. The molecule has 0 N–H and O–H groups in total. The van der Waals surface area contributed by atoms with E-state index in [0.29, 0.717) is 29.9 Å². The van der Waals surface area contributed by atoms with E-state index in [0.717, 1.165) is 90.0 Å². The zero-order valence-electron chi connectivity index (χ0n) is 47.1. The summed E-state index contributed by atoms with van der Waals surface area (Å²) in [5.74, 6) is -0.495. The van der Waals surface area contributed by atoms with Gasteiger partial charge < -0.3 is 38.2 Å². The summed E-state index contributed by atoms with van der Waals surface area (Å²) in [5.41, 5.74) is 0. The summed E-state index contributed by atoms with van der Waals surface area (Å²) in [7, 11) is 3.95. The summed E-state index contributed by atoms with van der Waals surface area (Å²) < 4.78 is 33.8. The number of esters is 6. The SMILES string of the molecule is CCCCCCCCCCCC(=O)OCC(COC(=O)CCC1CCCCC1)OC(=O)CCCN(CCCC(=O)OC(COC(=O)CCC1CCCCC1)COC(=O)CCC1CCCCC1)C(=O)SCCCN(C)C. The van der Waals surface area contributed by atoms with E-state index in [1.165, 1.54) is 102 Å². The Morgan fingerprint density at radius 2 is 0.760 bits per heavy atom. The van der Waals surface area contributed by atoms with Gasteiger partial charge in [-0.25, -0.2) is 0 Å². The Labute approximate surface area is 456 Å². The van der Waals surface area contributed by atoms with Gasteiger partial charge in [0.05, 0.1) is 0 Å². The normalized spacial score (nSPS) is 16.1. The van der Waals surface area contributed by atoms with E-state index in [1.54, 1.807) is 4.90 Å². The van der Waals surface area contributed by atoms with Crippen LogP contribution in [0, 0.1) is 17.8 Å². The minimum absolute atomic E-state index is 0.0439. The minimum Gasteiger partial charge on any atom is -0.462 e. The van der Waals surface area contributed by atoms with E-state index in [1.807, 2.05) is 14.1 Å². The first-order valence-corrected chi connectivity index (χ1v) is 31.0. The molecule has 0 aromatic rings. The van der Waals surface area contributed by atoms with Crippen LogP contribution in [0.3, 0.4) is 0 Å². The maximum atomic E-state index is 13.6. The van der Waals surface area contributed by atoms with Crippen molar-refractivity contribution in [1.29, 1.82) is 0 Å². The largest absolute Gasteiger partial charge is 0.462 e.